The molecule has 0 aliphatic heterocycles. The molecule has 4 nitrogen and oxygen atoms in total. The molecular weight excluding hydrogens is 282 g/mol. The molecule has 0 saturated heterocycles. The van der Waals surface area contributed by atoms with Gasteiger partial charge in [0.15, 0.2) is 5.78 Å². The van der Waals surface area contributed by atoms with E-state index in [1.807, 2.05) is 39.0 Å². The van der Waals surface area contributed by atoms with Gasteiger partial charge in [0.25, 0.3) is 0 Å². The summed E-state index contributed by atoms with van der Waals surface area (Å²) in [5.74, 6) is 1.65. The summed E-state index contributed by atoms with van der Waals surface area (Å²) < 4.78 is 0. The number of H-pyrrole nitrogens is 1. The van der Waals surface area contributed by atoms with Crippen LogP contribution in [0.3, 0.4) is 0 Å². The summed E-state index contributed by atoms with van der Waals surface area (Å²) in [6.07, 6.45) is 2.38. The van der Waals surface area contributed by atoms with Crippen molar-refractivity contribution in [3.63, 3.8) is 0 Å². The van der Waals surface area contributed by atoms with Crippen LogP contribution in [0, 0.1) is 13.8 Å². The van der Waals surface area contributed by atoms with Crippen LogP contribution in [0.1, 0.15) is 53.0 Å². The fourth-order valence-electron chi connectivity index (χ4n) is 2.28. The van der Waals surface area contributed by atoms with E-state index in [1.54, 1.807) is 0 Å². The van der Waals surface area contributed by atoms with Gasteiger partial charge in [0, 0.05) is 11.5 Å². The first-order chi connectivity index (χ1) is 10.0. The van der Waals surface area contributed by atoms with E-state index in [2.05, 4.69) is 15.2 Å². The number of carbonyl (C=O) groups excluding carboxylic acids is 1. The Kier molecular flexibility index (Phi) is 3.85. The second-order valence-electron chi connectivity index (χ2n) is 5.72. The van der Waals surface area contributed by atoms with Crippen molar-refractivity contribution in [3.05, 3.63) is 40.7 Å². The summed E-state index contributed by atoms with van der Waals surface area (Å²) in [5.41, 5.74) is 2.93. The maximum atomic E-state index is 12.6. The molecule has 110 valence electrons. The average molecular weight is 301 g/mol. The molecule has 1 unspecified atom stereocenters. The lowest BCUT2D eigenvalue weighted by Gasteiger charge is -2.11. The zero-order valence-electron chi connectivity index (χ0n) is 12.5. The van der Waals surface area contributed by atoms with E-state index < -0.39 is 0 Å². The van der Waals surface area contributed by atoms with E-state index in [-0.39, 0.29) is 11.0 Å². The van der Waals surface area contributed by atoms with Crippen molar-refractivity contribution in [1.29, 1.82) is 0 Å². The first-order valence-corrected chi connectivity index (χ1v) is 8.13. The minimum Gasteiger partial charge on any atom is -0.293 e. The highest BCUT2D eigenvalue weighted by Crippen LogP contribution is 2.38. The van der Waals surface area contributed by atoms with Crippen LogP contribution in [0.2, 0.25) is 0 Å². The molecule has 1 atom stereocenters. The van der Waals surface area contributed by atoms with Gasteiger partial charge in [-0.2, -0.15) is 0 Å². The second kappa shape index (κ2) is 5.64. The van der Waals surface area contributed by atoms with Gasteiger partial charge in [-0.25, -0.2) is 4.98 Å². The third kappa shape index (κ3) is 3.18. The molecule has 1 fully saturated rings. The lowest BCUT2D eigenvalue weighted by atomic mass is 10.0. The van der Waals surface area contributed by atoms with Crippen LogP contribution in [0.15, 0.2) is 23.4 Å². The number of nitrogens with one attached hydrogen (secondary N) is 1. The highest BCUT2D eigenvalue weighted by molar-refractivity contribution is 8.00. The van der Waals surface area contributed by atoms with Gasteiger partial charge >= 0.3 is 0 Å². The van der Waals surface area contributed by atoms with Crippen LogP contribution < -0.4 is 0 Å². The Bertz CT molecular complexity index is 676. The van der Waals surface area contributed by atoms with Gasteiger partial charge in [-0.05, 0) is 45.2 Å². The maximum Gasteiger partial charge on any atom is 0.209 e. The zero-order valence-corrected chi connectivity index (χ0v) is 13.3. The molecule has 1 aromatic carbocycles. The van der Waals surface area contributed by atoms with Gasteiger partial charge in [-0.1, -0.05) is 29.5 Å². The van der Waals surface area contributed by atoms with E-state index in [1.165, 1.54) is 24.6 Å². The molecule has 1 heterocycles. The number of aromatic nitrogens is 3. The largest absolute Gasteiger partial charge is 0.293 e. The van der Waals surface area contributed by atoms with E-state index in [0.29, 0.717) is 11.1 Å². The SMILES string of the molecule is Cc1ccc(C)c(C(=O)C(C)Sc2n[nH]c(C3CC3)n2)c1. The zero-order chi connectivity index (χ0) is 15.0. The Hall–Kier alpha value is -1.62. The number of benzene rings is 1. The number of carbonyl (C=O) groups is 1. The van der Waals surface area contributed by atoms with Crippen LogP contribution in [0.25, 0.3) is 0 Å². The molecule has 1 aromatic heterocycles. The van der Waals surface area contributed by atoms with Gasteiger partial charge < -0.3 is 0 Å². The summed E-state index contributed by atoms with van der Waals surface area (Å²) in [4.78, 5) is 17.1. The molecule has 5 heteroatoms. The molecule has 0 radical (unpaired) electrons. The number of aromatic amines is 1. The Morgan fingerprint density at radius 1 is 1.38 bits per heavy atom. The Labute approximate surface area is 128 Å². The van der Waals surface area contributed by atoms with Crippen LogP contribution in [0.5, 0.6) is 0 Å². The number of nitrogens with zero attached hydrogens (tertiary/aromatic N) is 2. The second-order valence-corrected chi connectivity index (χ2v) is 7.03. The summed E-state index contributed by atoms with van der Waals surface area (Å²) in [6.45, 7) is 5.90. The first kappa shape index (κ1) is 14.3. The monoisotopic (exact) mass is 301 g/mol. The number of aryl methyl sites for hydroxylation is 2. The molecule has 0 spiro atoms. The molecule has 1 aliphatic carbocycles. The number of hydrogen-bond donors (Lipinski definition) is 1. The Morgan fingerprint density at radius 2 is 2.14 bits per heavy atom. The van der Waals surface area contributed by atoms with E-state index >= 15 is 0 Å². The van der Waals surface area contributed by atoms with Crippen molar-refractivity contribution in [2.45, 2.75) is 49.9 Å². The quantitative estimate of drug-likeness (QED) is 0.676. The lowest BCUT2D eigenvalue weighted by molar-refractivity contribution is 0.0993. The topological polar surface area (TPSA) is 58.6 Å². The lowest BCUT2D eigenvalue weighted by Crippen LogP contribution is -2.15. The molecule has 1 saturated carbocycles. The minimum absolute atomic E-state index is 0.138. The van der Waals surface area contributed by atoms with E-state index in [4.69, 9.17) is 0 Å². The summed E-state index contributed by atoms with van der Waals surface area (Å²) >= 11 is 1.42. The summed E-state index contributed by atoms with van der Waals surface area (Å²) in [7, 11) is 0. The van der Waals surface area contributed by atoms with Crippen molar-refractivity contribution < 1.29 is 4.79 Å². The van der Waals surface area contributed by atoms with Crippen molar-refractivity contribution >= 4 is 17.5 Å². The number of ketones is 1. The van der Waals surface area contributed by atoms with Gasteiger partial charge in [0.05, 0.1) is 5.25 Å². The predicted octanol–water partition coefficient (Wildman–Crippen LogP) is 3.66. The van der Waals surface area contributed by atoms with Crippen LogP contribution in [-0.4, -0.2) is 26.2 Å². The average Bonchev–Trinajstić information content (AvgIpc) is 3.21. The Balaban J connectivity index is 1.72. The van der Waals surface area contributed by atoms with Crippen molar-refractivity contribution in [3.8, 4) is 0 Å². The first-order valence-electron chi connectivity index (χ1n) is 7.25. The van der Waals surface area contributed by atoms with Crippen LogP contribution in [0.4, 0.5) is 0 Å². The number of Topliss-reactive ketones (excluding diaryl/α,β-unsaturated/α-hetero) is 1. The fourth-order valence-corrected chi connectivity index (χ4v) is 3.08. The normalized spacial score (nSPS) is 16.0. The van der Waals surface area contributed by atoms with Crippen LogP contribution >= 0.6 is 11.8 Å². The van der Waals surface area contributed by atoms with Crippen molar-refractivity contribution in [1.82, 2.24) is 15.2 Å². The molecule has 1 N–H and O–H groups in total. The third-order valence-electron chi connectivity index (χ3n) is 3.76. The van der Waals surface area contributed by atoms with E-state index in [9.17, 15) is 4.79 Å². The molecule has 2 aromatic rings. The maximum absolute atomic E-state index is 12.6. The Morgan fingerprint density at radius 3 is 2.86 bits per heavy atom. The van der Waals surface area contributed by atoms with Gasteiger partial charge in [-0.3, -0.25) is 9.89 Å². The third-order valence-corrected chi connectivity index (χ3v) is 4.72. The summed E-state index contributed by atoms with van der Waals surface area (Å²) in [5, 5.41) is 7.67. The van der Waals surface area contributed by atoms with Gasteiger partial charge in [-0.15, -0.1) is 5.10 Å². The molecule has 21 heavy (non-hydrogen) atoms. The fraction of sp³-hybridized carbons (Fsp3) is 0.438. The summed E-state index contributed by atoms with van der Waals surface area (Å²) in [6, 6.07) is 5.99. The predicted molar refractivity (Wildman–Crippen MR) is 83.9 cm³/mol. The number of hydrogen-bond acceptors (Lipinski definition) is 4. The minimum atomic E-state index is -0.187. The molecule has 0 amide bonds. The van der Waals surface area contributed by atoms with Crippen LogP contribution in [-0.2, 0) is 0 Å². The molecule has 0 bridgehead atoms. The molecule has 3 rings (SSSR count). The highest BCUT2D eigenvalue weighted by Gasteiger charge is 2.28. The standard InChI is InChI=1S/C16H19N3OS/c1-9-4-5-10(2)13(8-9)14(20)11(3)21-16-17-15(18-19-16)12-6-7-12/h4-5,8,11-12H,6-7H2,1-3H3,(H,17,18,19). The molecular formula is C16H19N3OS. The van der Waals surface area contributed by atoms with Gasteiger partial charge in [0.1, 0.15) is 5.82 Å². The smallest absolute Gasteiger partial charge is 0.209 e. The van der Waals surface area contributed by atoms with Gasteiger partial charge in [0.2, 0.25) is 5.16 Å². The number of rotatable bonds is 5. The van der Waals surface area contributed by atoms with Crippen molar-refractivity contribution in [2.24, 2.45) is 0 Å². The molecule has 1 aliphatic rings. The number of thioether (sulfide) groups is 1. The highest BCUT2D eigenvalue weighted by atomic mass is 32.2. The van der Waals surface area contributed by atoms with Crippen molar-refractivity contribution in [2.75, 3.05) is 0 Å². The van der Waals surface area contributed by atoms with E-state index in [0.717, 1.165) is 22.5 Å².